The number of rotatable bonds is 7. The van der Waals surface area contributed by atoms with Crippen LogP contribution in [0.25, 0.3) is 10.8 Å². The lowest BCUT2D eigenvalue weighted by molar-refractivity contribution is 0.308. The number of hydrogen-bond donors (Lipinski definition) is 0. The van der Waals surface area contributed by atoms with Crippen LogP contribution in [0.15, 0.2) is 60.7 Å². The zero-order chi connectivity index (χ0) is 20.1. The van der Waals surface area contributed by atoms with Gasteiger partial charge in [0, 0.05) is 0 Å². The summed E-state index contributed by atoms with van der Waals surface area (Å²) >= 11 is 0. The van der Waals surface area contributed by atoms with Crippen molar-refractivity contribution in [3.05, 3.63) is 82.9 Å². The normalized spacial score (nSPS) is 19.5. The minimum atomic E-state index is 0.797. The second-order valence-corrected chi connectivity index (χ2v) is 9.12. The Morgan fingerprint density at radius 1 is 0.655 bits per heavy atom. The molecule has 4 rings (SSSR count). The van der Waals surface area contributed by atoms with Crippen molar-refractivity contribution in [3.63, 3.8) is 0 Å². The summed E-state index contributed by atoms with van der Waals surface area (Å²) in [6.07, 6.45) is 11.8. The van der Waals surface area contributed by atoms with E-state index in [1.807, 2.05) is 0 Å². The third-order valence-corrected chi connectivity index (χ3v) is 7.07. The second kappa shape index (κ2) is 9.61. The van der Waals surface area contributed by atoms with E-state index >= 15 is 0 Å². The predicted molar refractivity (Wildman–Crippen MR) is 127 cm³/mol. The Kier molecular flexibility index (Phi) is 6.70. The molecule has 0 saturated heterocycles. The Morgan fingerprint density at radius 2 is 1.24 bits per heavy atom. The molecule has 3 aromatic rings. The molecule has 1 aliphatic carbocycles. The van der Waals surface area contributed by atoms with Crippen LogP contribution in [-0.2, 0) is 19.3 Å². The van der Waals surface area contributed by atoms with Gasteiger partial charge < -0.3 is 0 Å². The van der Waals surface area contributed by atoms with Crippen LogP contribution in [0.3, 0.4) is 0 Å². The van der Waals surface area contributed by atoms with E-state index in [-0.39, 0.29) is 0 Å². The van der Waals surface area contributed by atoms with Crippen molar-refractivity contribution in [2.45, 2.75) is 77.6 Å². The van der Waals surface area contributed by atoms with Gasteiger partial charge in [-0.15, -0.1) is 0 Å². The van der Waals surface area contributed by atoms with Crippen LogP contribution in [0.1, 0.15) is 80.5 Å². The molecule has 0 nitrogen and oxygen atoms in total. The van der Waals surface area contributed by atoms with Gasteiger partial charge in [0.15, 0.2) is 0 Å². The number of fused-ring (bicyclic) bond motifs is 1. The van der Waals surface area contributed by atoms with E-state index in [9.17, 15) is 0 Å². The maximum atomic E-state index is 2.41. The van der Waals surface area contributed by atoms with Crippen LogP contribution in [-0.4, -0.2) is 0 Å². The van der Waals surface area contributed by atoms with Gasteiger partial charge in [-0.05, 0) is 89.8 Å². The first-order chi connectivity index (χ1) is 14.2. The third-order valence-electron chi connectivity index (χ3n) is 7.07. The molecule has 0 aliphatic heterocycles. The molecule has 0 heteroatoms. The van der Waals surface area contributed by atoms with E-state index in [2.05, 4.69) is 74.5 Å². The van der Waals surface area contributed by atoms with Crippen LogP contribution in [0.2, 0.25) is 0 Å². The number of benzene rings is 3. The summed E-state index contributed by atoms with van der Waals surface area (Å²) < 4.78 is 0. The quantitative estimate of drug-likeness (QED) is 0.384. The van der Waals surface area contributed by atoms with Crippen molar-refractivity contribution in [2.75, 3.05) is 0 Å². The fraction of sp³-hybridized carbons (Fsp3) is 0.448. The van der Waals surface area contributed by atoms with E-state index in [0.29, 0.717) is 0 Å². The molecule has 0 heterocycles. The summed E-state index contributed by atoms with van der Waals surface area (Å²) in [6, 6.07) is 23.4. The monoisotopic (exact) mass is 384 g/mol. The van der Waals surface area contributed by atoms with E-state index in [1.165, 1.54) is 66.0 Å². The van der Waals surface area contributed by atoms with Gasteiger partial charge in [-0.3, -0.25) is 0 Å². The minimum Gasteiger partial charge on any atom is -0.0654 e. The highest BCUT2D eigenvalue weighted by molar-refractivity contribution is 5.83. The van der Waals surface area contributed by atoms with Crippen molar-refractivity contribution in [1.29, 1.82) is 0 Å². The molecule has 1 saturated carbocycles. The molecule has 1 aliphatic rings. The summed E-state index contributed by atoms with van der Waals surface area (Å²) in [6.45, 7) is 4.54. The number of aryl methyl sites for hydroxylation is 3. The zero-order valence-corrected chi connectivity index (χ0v) is 18.3. The van der Waals surface area contributed by atoms with Gasteiger partial charge in [0.2, 0.25) is 0 Å². The first kappa shape index (κ1) is 20.2. The van der Waals surface area contributed by atoms with Crippen LogP contribution < -0.4 is 0 Å². The summed E-state index contributed by atoms with van der Waals surface area (Å²) in [7, 11) is 0. The Labute approximate surface area is 177 Å². The van der Waals surface area contributed by atoms with Crippen molar-refractivity contribution in [1.82, 2.24) is 0 Å². The van der Waals surface area contributed by atoms with Gasteiger partial charge in [-0.25, -0.2) is 0 Å². The molecular weight excluding hydrogens is 348 g/mol. The van der Waals surface area contributed by atoms with Gasteiger partial charge in [0.05, 0.1) is 0 Å². The Bertz CT molecular complexity index is 910. The molecule has 29 heavy (non-hydrogen) atoms. The maximum Gasteiger partial charge on any atom is -0.0162 e. The van der Waals surface area contributed by atoms with E-state index in [1.54, 1.807) is 5.56 Å². The average molecular weight is 385 g/mol. The summed E-state index contributed by atoms with van der Waals surface area (Å²) in [5, 5.41) is 2.74. The fourth-order valence-corrected chi connectivity index (χ4v) is 5.16. The lowest BCUT2D eigenvalue weighted by Gasteiger charge is -2.28. The molecule has 3 aromatic carbocycles. The van der Waals surface area contributed by atoms with Gasteiger partial charge in [-0.1, -0.05) is 87.4 Å². The molecule has 1 fully saturated rings. The van der Waals surface area contributed by atoms with Gasteiger partial charge in [-0.2, -0.15) is 0 Å². The average Bonchev–Trinajstić information content (AvgIpc) is 2.78. The fourth-order valence-electron chi connectivity index (χ4n) is 5.16. The van der Waals surface area contributed by atoms with Crippen molar-refractivity contribution >= 4 is 10.8 Å². The van der Waals surface area contributed by atoms with Crippen molar-refractivity contribution in [2.24, 2.45) is 5.92 Å². The Balaban J connectivity index is 1.34. The number of hydrogen-bond acceptors (Lipinski definition) is 0. The third kappa shape index (κ3) is 5.10. The van der Waals surface area contributed by atoms with Crippen molar-refractivity contribution in [3.8, 4) is 0 Å². The Hall–Kier alpha value is -2.08. The highest BCUT2D eigenvalue weighted by atomic mass is 14.3. The zero-order valence-electron chi connectivity index (χ0n) is 18.3. The van der Waals surface area contributed by atoms with E-state index < -0.39 is 0 Å². The van der Waals surface area contributed by atoms with E-state index in [0.717, 1.165) is 31.1 Å². The molecule has 0 unspecified atom stereocenters. The van der Waals surface area contributed by atoms with Gasteiger partial charge >= 0.3 is 0 Å². The lowest BCUT2D eigenvalue weighted by atomic mass is 9.77. The largest absolute Gasteiger partial charge is 0.0654 e. The van der Waals surface area contributed by atoms with Gasteiger partial charge in [0.1, 0.15) is 0 Å². The standard InChI is InChI=1S/C29H36/c1-3-5-23-9-14-26(15-10-23)27-16-11-24(12-17-27)6-7-25-13-19-28-20-22(4-2)8-18-29(28)21-25/h8,11-13,16-21,23,26H,3-7,9-10,14-15H2,1-2H3. The lowest BCUT2D eigenvalue weighted by Crippen LogP contribution is -2.13. The molecule has 0 amide bonds. The summed E-state index contributed by atoms with van der Waals surface area (Å²) in [5.41, 5.74) is 5.90. The highest BCUT2D eigenvalue weighted by Gasteiger charge is 2.21. The molecular formula is C29H36. The smallest absolute Gasteiger partial charge is 0.0162 e. The first-order valence-corrected chi connectivity index (χ1v) is 11.9. The molecule has 0 bridgehead atoms. The molecule has 0 atom stereocenters. The SMILES string of the molecule is CCCC1CCC(c2ccc(CCc3ccc4cc(CC)ccc4c3)cc2)CC1. The van der Waals surface area contributed by atoms with Gasteiger partial charge in [0.25, 0.3) is 0 Å². The molecule has 0 spiro atoms. The predicted octanol–water partition coefficient (Wildman–Crippen LogP) is 8.26. The van der Waals surface area contributed by atoms with Crippen LogP contribution in [0.4, 0.5) is 0 Å². The maximum absolute atomic E-state index is 2.41. The summed E-state index contributed by atoms with van der Waals surface area (Å²) in [4.78, 5) is 0. The second-order valence-electron chi connectivity index (χ2n) is 9.12. The van der Waals surface area contributed by atoms with Crippen molar-refractivity contribution < 1.29 is 0 Å². The molecule has 0 radical (unpaired) electrons. The van der Waals surface area contributed by atoms with E-state index in [4.69, 9.17) is 0 Å². The molecule has 152 valence electrons. The molecule has 0 aromatic heterocycles. The Morgan fingerprint density at radius 3 is 1.90 bits per heavy atom. The summed E-state index contributed by atoms with van der Waals surface area (Å²) in [5.74, 6) is 1.79. The van der Waals surface area contributed by atoms with Crippen LogP contribution in [0, 0.1) is 5.92 Å². The highest BCUT2D eigenvalue weighted by Crippen LogP contribution is 2.37. The first-order valence-electron chi connectivity index (χ1n) is 11.9. The topological polar surface area (TPSA) is 0 Å². The van der Waals surface area contributed by atoms with Crippen LogP contribution >= 0.6 is 0 Å². The van der Waals surface area contributed by atoms with Crippen LogP contribution in [0.5, 0.6) is 0 Å². The molecule has 0 N–H and O–H groups in total. The minimum absolute atomic E-state index is 0.797.